The lowest BCUT2D eigenvalue weighted by Gasteiger charge is -2.50. The van der Waals surface area contributed by atoms with Crippen LogP contribution >= 0.6 is 0 Å². The van der Waals surface area contributed by atoms with Crippen molar-refractivity contribution in [2.45, 2.75) is 57.7 Å². The lowest BCUT2D eigenvalue weighted by atomic mass is 9.88. The molecular weight excluding hydrogens is 200 g/mol. The largest absolute Gasteiger partial charge is 0.375 e. The first kappa shape index (κ1) is 12.3. The first-order chi connectivity index (χ1) is 7.41. The molecule has 0 aromatic carbocycles. The molecule has 0 amide bonds. The van der Waals surface area contributed by atoms with Gasteiger partial charge in [-0.1, -0.05) is 0 Å². The van der Waals surface area contributed by atoms with Crippen LogP contribution < -0.4 is 5.32 Å². The van der Waals surface area contributed by atoms with Gasteiger partial charge in [-0.05, 0) is 40.5 Å². The third-order valence-corrected chi connectivity index (χ3v) is 3.98. The van der Waals surface area contributed by atoms with Gasteiger partial charge in [-0.2, -0.15) is 0 Å². The number of nitrogens with one attached hydrogen (secondary N) is 1. The molecule has 0 bridgehead atoms. The molecule has 2 aliphatic rings. The fourth-order valence-electron chi connectivity index (χ4n) is 3.14. The summed E-state index contributed by atoms with van der Waals surface area (Å²) < 4.78 is 5.81. The van der Waals surface area contributed by atoms with E-state index < -0.39 is 0 Å². The van der Waals surface area contributed by atoms with Gasteiger partial charge in [0.25, 0.3) is 0 Å². The van der Waals surface area contributed by atoms with Crippen molar-refractivity contribution in [1.29, 1.82) is 0 Å². The summed E-state index contributed by atoms with van der Waals surface area (Å²) in [6.07, 6.45) is 2.35. The minimum atomic E-state index is 0.0594. The molecule has 0 spiro atoms. The molecule has 0 aromatic heterocycles. The lowest BCUT2D eigenvalue weighted by molar-refractivity contribution is -0.101. The number of rotatable bonds is 1. The summed E-state index contributed by atoms with van der Waals surface area (Å²) >= 11 is 0. The van der Waals surface area contributed by atoms with Crippen LogP contribution in [0.1, 0.15) is 40.5 Å². The highest BCUT2D eigenvalue weighted by molar-refractivity contribution is 4.95. The number of ether oxygens (including phenoxy) is 1. The minimum Gasteiger partial charge on any atom is -0.375 e. The van der Waals surface area contributed by atoms with E-state index in [9.17, 15) is 0 Å². The fourth-order valence-corrected chi connectivity index (χ4v) is 3.14. The van der Waals surface area contributed by atoms with E-state index in [1.54, 1.807) is 0 Å². The third kappa shape index (κ3) is 2.58. The van der Waals surface area contributed by atoms with Crippen molar-refractivity contribution in [1.82, 2.24) is 10.2 Å². The minimum absolute atomic E-state index is 0.0594. The molecular formula is C13H26N2O. The van der Waals surface area contributed by atoms with E-state index in [0.29, 0.717) is 6.04 Å². The van der Waals surface area contributed by atoms with Gasteiger partial charge in [0.2, 0.25) is 0 Å². The summed E-state index contributed by atoms with van der Waals surface area (Å²) in [4.78, 5) is 2.69. The van der Waals surface area contributed by atoms with Crippen LogP contribution in [-0.4, -0.2) is 48.3 Å². The first-order valence-electron chi connectivity index (χ1n) is 6.52. The molecule has 3 heteroatoms. The first-order valence-corrected chi connectivity index (χ1v) is 6.52. The monoisotopic (exact) mass is 226 g/mol. The second kappa shape index (κ2) is 4.28. The number of nitrogens with zero attached hydrogens (tertiary/aromatic N) is 1. The number of hydrogen-bond donors (Lipinski definition) is 1. The van der Waals surface area contributed by atoms with Crippen LogP contribution in [0.2, 0.25) is 0 Å². The van der Waals surface area contributed by atoms with Crippen molar-refractivity contribution in [3.63, 3.8) is 0 Å². The maximum atomic E-state index is 5.81. The lowest BCUT2D eigenvalue weighted by Crippen LogP contribution is -2.63. The van der Waals surface area contributed by atoms with Gasteiger partial charge in [0.1, 0.15) is 0 Å². The zero-order valence-corrected chi connectivity index (χ0v) is 11.2. The fraction of sp³-hybridized carbons (Fsp3) is 1.00. The van der Waals surface area contributed by atoms with Gasteiger partial charge in [-0.3, -0.25) is 4.90 Å². The Morgan fingerprint density at radius 3 is 2.62 bits per heavy atom. The Morgan fingerprint density at radius 2 is 2.00 bits per heavy atom. The number of piperazine rings is 1. The van der Waals surface area contributed by atoms with Gasteiger partial charge >= 0.3 is 0 Å². The molecule has 16 heavy (non-hydrogen) atoms. The maximum Gasteiger partial charge on any atom is 0.0641 e. The van der Waals surface area contributed by atoms with Gasteiger partial charge in [-0.15, -0.1) is 0 Å². The summed E-state index contributed by atoms with van der Waals surface area (Å²) in [6.45, 7) is 13.4. The van der Waals surface area contributed by atoms with Crippen LogP contribution in [0, 0.1) is 0 Å². The highest BCUT2D eigenvalue weighted by Gasteiger charge is 2.39. The van der Waals surface area contributed by atoms with E-state index >= 15 is 0 Å². The zero-order valence-electron chi connectivity index (χ0n) is 11.2. The summed E-state index contributed by atoms with van der Waals surface area (Å²) in [5, 5.41) is 3.49. The van der Waals surface area contributed by atoms with Crippen LogP contribution in [0.25, 0.3) is 0 Å². The van der Waals surface area contributed by atoms with Crippen molar-refractivity contribution in [3.8, 4) is 0 Å². The summed E-state index contributed by atoms with van der Waals surface area (Å²) in [5.41, 5.74) is 0.347. The van der Waals surface area contributed by atoms with Gasteiger partial charge in [-0.25, -0.2) is 0 Å². The SMILES string of the molecule is CC1(C)CC(N2CCNCC2(C)C)CCO1. The van der Waals surface area contributed by atoms with Crippen molar-refractivity contribution in [3.05, 3.63) is 0 Å². The zero-order chi connectivity index (χ0) is 11.8. The van der Waals surface area contributed by atoms with E-state index in [1.807, 2.05) is 0 Å². The van der Waals surface area contributed by atoms with E-state index in [0.717, 1.165) is 26.1 Å². The summed E-state index contributed by atoms with van der Waals surface area (Å²) in [7, 11) is 0. The molecule has 2 aliphatic heterocycles. The Balaban J connectivity index is 2.05. The van der Waals surface area contributed by atoms with Gasteiger partial charge in [0, 0.05) is 37.8 Å². The predicted octanol–water partition coefficient (Wildman–Crippen LogP) is 1.63. The standard InChI is InChI=1S/C13H26N2O/c1-12(2)10-14-6-7-15(12)11-5-8-16-13(3,4)9-11/h11,14H,5-10H2,1-4H3. The summed E-state index contributed by atoms with van der Waals surface area (Å²) in [5.74, 6) is 0. The smallest absolute Gasteiger partial charge is 0.0641 e. The van der Waals surface area contributed by atoms with Crippen molar-refractivity contribution < 1.29 is 4.74 Å². The molecule has 0 aliphatic carbocycles. The normalized spacial score (nSPS) is 34.9. The van der Waals surface area contributed by atoms with Gasteiger partial charge in [0.05, 0.1) is 5.60 Å². The van der Waals surface area contributed by atoms with Crippen molar-refractivity contribution >= 4 is 0 Å². The van der Waals surface area contributed by atoms with Crippen LogP contribution in [0.5, 0.6) is 0 Å². The second-order valence-electron chi connectivity index (χ2n) is 6.44. The van der Waals surface area contributed by atoms with Crippen LogP contribution in [0.4, 0.5) is 0 Å². The van der Waals surface area contributed by atoms with E-state index in [4.69, 9.17) is 4.74 Å². The Hall–Kier alpha value is -0.120. The molecule has 1 N–H and O–H groups in total. The Labute approximate surface area is 99.5 Å². The molecule has 2 saturated heterocycles. The highest BCUT2D eigenvalue weighted by atomic mass is 16.5. The average Bonchev–Trinajstić information content (AvgIpc) is 2.15. The Morgan fingerprint density at radius 1 is 1.25 bits per heavy atom. The van der Waals surface area contributed by atoms with Crippen LogP contribution in [0.3, 0.4) is 0 Å². The highest BCUT2D eigenvalue weighted by Crippen LogP contribution is 2.31. The van der Waals surface area contributed by atoms with Gasteiger partial charge < -0.3 is 10.1 Å². The second-order valence-corrected chi connectivity index (χ2v) is 6.44. The van der Waals surface area contributed by atoms with Crippen LogP contribution in [-0.2, 0) is 4.74 Å². The topological polar surface area (TPSA) is 24.5 Å². The van der Waals surface area contributed by atoms with E-state index in [1.165, 1.54) is 13.0 Å². The molecule has 3 nitrogen and oxygen atoms in total. The number of hydrogen-bond acceptors (Lipinski definition) is 3. The maximum absolute atomic E-state index is 5.81. The predicted molar refractivity (Wildman–Crippen MR) is 66.7 cm³/mol. The molecule has 0 radical (unpaired) electrons. The molecule has 0 aromatic rings. The molecule has 0 saturated carbocycles. The Bertz CT molecular complexity index is 250. The molecule has 2 heterocycles. The molecule has 2 fully saturated rings. The van der Waals surface area contributed by atoms with Gasteiger partial charge in [0.15, 0.2) is 0 Å². The average molecular weight is 226 g/mol. The third-order valence-electron chi connectivity index (χ3n) is 3.98. The molecule has 1 atom stereocenters. The summed E-state index contributed by atoms with van der Waals surface area (Å²) in [6, 6.07) is 0.695. The molecule has 2 rings (SSSR count). The molecule has 94 valence electrons. The van der Waals surface area contributed by atoms with Crippen LogP contribution in [0.15, 0.2) is 0 Å². The van der Waals surface area contributed by atoms with Crippen molar-refractivity contribution in [2.24, 2.45) is 0 Å². The quantitative estimate of drug-likeness (QED) is 0.735. The molecule has 1 unspecified atom stereocenters. The van der Waals surface area contributed by atoms with Crippen molar-refractivity contribution in [2.75, 3.05) is 26.2 Å². The van der Waals surface area contributed by atoms with E-state index in [2.05, 4.69) is 37.9 Å². The Kier molecular flexibility index (Phi) is 3.30. The van der Waals surface area contributed by atoms with E-state index in [-0.39, 0.29) is 11.1 Å².